The highest BCUT2D eigenvalue weighted by Crippen LogP contribution is 2.57. The van der Waals surface area contributed by atoms with Gasteiger partial charge in [0.25, 0.3) is 0 Å². The van der Waals surface area contributed by atoms with Crippen LogP contribution in [0.5, 0.6) is 5.75 Å². The molecule has 6 nitrogen and oxygen atoms in total. The van der Waals surface area contributed by atoms with E-state index in [0.29, 0.717) is 31.5 Å². The van der Waals surface area contributed by atoms with E-state index < -0.39 is 23.4 Å². The Hall–Kier alpha value is -2.45. The second-order valence-electron chi connectivity index (χ2n) is 10.2. The molecule has 182 valence electrons. The molecule has 9 heteroatoms. The fourth-order valence-electron chi connectivity index (χ4n) is 5.89. The first-order valence-corrected chi connectivity index (χ1v) is 11.4. The van der Waals surface area contributed by atoms with Crippen molar-refractivity contribution in [3.8, 4) is 5.75 Å². The minimum atomic E-state index is -4.45. The number of benzene rings is 1. The number of methoxy groups -OCH3 is 2. The topological polar surface area (TPSA) is 67.9 Å². The van der Waals surface area contributed by atoms with Crippen molar-refractivity contribution in [1.82, 2.24) is 10.2 Å². The van der Waals surface area contributed by atoms with Crippen molar-refractivity contribution in [2.24, 2.45) is 11.3 Å². The van der Waals surface area contributed by atoms with Gasteiger partial charge in [0.05, 0.1) is 19.8 Å². The smallest absolute Gasteiger partial charge is 0.419 e. The van der Waals surface area contributed by atoms with Crippen molar-refractivity contribution in [3.63, 3.8) is 0 Å². The number of carbonyl (C=O) groups excluding carboxylic acids is 2. The number of halogens is 3. The van der Waals surface area contributed by atoms with Crippen LogP contribution in [0.15, 0.2) is 18.2 Å². The van der Waals surface area contributed by atoms with E-state index in [1.165, 1.54) is 26.4 Å². The van der Waals surface area contributed by atoms with Crippen LogP contribution in [0.1, 0.15) is 62.5 Å². The largest absolute Gasteiger partial charge is 0.496 e. The predicted molar refractivity (Wildman–Crippen MR) is 115 cm³/mol. The summed E-state index contributed by atoms with van der Waals surface area (Å²) in [6, 6.07) is 4.37. The molecule has 1 N–H and O–H groups in total. The maximum absolute atomic E-state index is 13.4. The standard InChI is InChI=1S/C24H31F3N2O4/c1-22(28-21(31)33-3)11-17(12-22)20(30)29-8-6-23(7-9-29)13-16(14-23)15-4-5-19(32-2)18(10-15)24(25,26)27/h4-5,10,16-17H,6-9,11-14H2,1-3H3,(H,28,31)/t17-,22+. The van der Waals surface area contributed by atoms with Crippen LogP contribution in [0.25, 0.3) is 0 Å². The number of likely N-dealkylation sites (tertiary alicyclic amines) is 1. The molecule has 0 radical (unpaired) electrons. The number of ether oxygens (including phenoxy) is 2. The van der Waals surface area contributed by atoms with E-state index in [9.17, 15) is 22.8 Å². The molecule has 3 aliphatic rings. The van der Waals surface area contributed by atoms with Gasteiger partial charge in [0.15, 0.2) is 0 Å². The minimum Gasteiger partial charge on any atom is -0.496 e. The molecule has 2 amide bonds. The predicted octanol–water partition coefficient (Wildman–Crippen LogP) is 4.72. The lowest BCUT2D eigenvalue weighted by molar-refractivity contribution is -0.144. The van der Waals surface area contributed by atoms with Gasteiger partial charge < -0.3 is 19.7 Å². The number of rotatable bonds is 4. The van der Waals surface area contributed by atoms with Gasteiger partial charge in [-0.1, -0.05) is 6.07 Å². The Labute approximate surface area is 191 Å². The molecular weight excluding hydrogens is 437 g/mol. The SMILES string of the molecule is COC(=O)N[C@]1(C)C[C@H](C(=O)N2CCC3(CC2)CC(c2ccc(OC)c(C(F)(F)F)c2)C3)C1. The zero-order valence-corrected chi connectivity index (χ0v) is 19.3. The molecule has 0 bridgehead atoms. The fraction of sp³-hybridized carbons (Fsp3) is 0.667. The number of amides is 2. The molecule has 0 unspecified atom stereocenters. The van der Waals surface area contributed by atoms with E-state index >= 15 is 0 Å². The number of carbonyl (C=O) groups is 2. The second kappa shape index (κ2) is 8.40. The van der Waals surface area contributed by atoms with Crippen LogP contribution in [0, 0.1) is 11.3 Å². The number of alkyl halides is 3. The molecule has 1 heterocycles. The molecule has 1 aromatic carbocycles. The van der Waals surface area contributed by atoms with Gasteiger partial charge in [-0.15, -0.1) is 0 Å². The Morgan fingerprint density at radius 1 is 1.09 bits per heavy atom. The summed E-state index contributed by atoms with van der Waals surface area (Å²) in [5.41, 5.74) is -0.309. The summed E-state index contributed by atoms with van der Waals surface area (Å²) in [5, 5.41) is 2.79. The van der Waals surface area contributed by atoms with Crippen LogP contribution in [-0.4, -0.2) is 49.7 Å². The quantitative estimate of drug-likeness (QED) is 0.694. The molecule has 2 saturated carbocycles. The van der Waals surface area contributed by atoms with Gasteiger partial charge in [0.1, 0.15) is 5.75 Å². The number of nitrogens with one attached hydrogen (secondary N) is 1. The molecule has 3 fully saturated rings. The van der Waals surface area contributed by atoms with Crippen LogP contribution in [0.2, 0.25) is 0 Å². The monoisotopic (exact) mass is 468 g/mol. The van der Waals surface area contributed by atoms with Crippen LogP contribution in [-0.2, 0) is 15.7 Å². The summed E-state index contributed by atoms with van der Waals surface area (Å²) in [6.45, 7) is 3.27. The lowest BCUT2D eigenvalue weighted by atomic mass is 9.56. The van der Waals surface area contributed by atoms with Gasteiger partial charge in [0, 0.05) is 24.5 Å². The van der Waals surface area contributed by atoms with Crippen LogP contribution in [0.4, 0.5) is 18.0 Å². The highest BCUT2D eigenvalue weighted by atomic mass is 19.4. The molecule has 1 saturated heterocycles. The minimum absolute atomic E-state index is 0.0876. The van der Waals surface area contributed by atoms with Gasteiger partial charge in [-0.25, -0.2) is 4.79 Å². The van der Waals surface area contributed by atoms with E-state index in [1.54, 1.807) is 6.07 Å². The molecule has 0 aromatic heterocycles. The zero-order chi connectivity index (χ0) is 24.0. The highest BCUT2D eigenvalue weighted by molar-refractivity contribution is 5.81. The number of nitrogens with zero attached hydrogens (tertiary/aromatic N) is 1. The fourth-order valence-corrected chi connectivity index (χ4v) is 5.89. The van der Waals surface area contributed by atoms with Crippen LogP contribution >= 0.6 is 0 Å². The Bertz CT molecular complexity index is 911. The van der Waals surface area contributed by atoms with E-state index in [4.69, 9.17) is 4.74 Å². The van der Waals surface area contributed by atoms with Crippen LogP contribution < -0.4 is 10.1 Å². The Morgan fingerprint density at radius 3 is 2.27 bits per heavy atom. The molecule has 4 rings (SSSR count). The van der Waals surface area contributed by atoms with Crippen molar-refractivity contribution < 1.29 is 32.2 Å². The summed E-state index contributed by atoms with van der Waals surface area (Å²) in [7, 11) is 2.57. The normalized spacial score (nSPS) is 26.8. The summed E-state index contributed by atoms with van der Waals surface area (Å²) in [5.74, 6) is 0.00208. The second-order valence-corrected chi connectivity index (χ2v) is 10.2. The summed E-state index contributed by atoms with van der Waals surface area (Å²) in [6.07, 6.45) is -0.274. The lowest BCUT2D eigenvalue weighted by Gasteiger charge is -2.53. The van der Waals surface area contributed by atoms with Crippen molar-refractivity contribution in [3.05, 3.63) is 29.3 Å². The van der Waals surface area contributed by atoms with Gasteiger partial charge in [-0.05, 0) is 74.5 Å². The Morgan fingerprint density at radius 2 is 1.73 bits per heavy atom. The number of alkyl carbamates (subject to hydrolysis) is 1. The lowest BCUT2D eigenvalue weighted by Crippen LogP contribution is -2.59. The van der Waals surface area contributed by atoms with E-state index in [0.717, 1.165) is 25.7 Å². The first-order chi connectivity index (χ1) is 15.5. The van der Waals surface area contributed by atoms with Crippen molar-refractivity contribution in [2.75, 3.05) is 27.3 Å². The summed E-state index contributed by atoms with van der Waals surface area (Å²) < 4.78 is 49.6. The third-order valence-electron chi connectivity index (χ3n) is 7.83. The van der Waals surface area contributed by atoms with Crippen molar-refractivity contribution in [2.45, 2.75) is 63.1 Å². The molecule has 2 aliphatic carbocycles. The average molecular weight is 469 g/mol. The third kappa shape index (κ3) is 4.64. The molecule has 0 atom stereocenters. The van der Waals surface area contributed by atoms with E-state index in [2.05, 4.69) is 10.1 Å². The Balaban J connectivity index is 1.29. The number of hydrogen-bond acceptors (Lipinski definition) is 4. The van der Waals surface area contributed by atoms with Gasteiger partial charge >= 0.3 is 12.3 Å². The van der Waals surface area contributed by atoms with Crippen LogP contribution in [0.3, 0.4) is 0 Å². The van der Waals surface area contributed by atoms with Gasteiger partial charge in [-0.3, -0.25) is 4.79 Å². The van der Waals surface area contributed by atoms with E-state index in [1.807, 2.05) is 11.8 Å². The summed E-state index contributed by atoms with van der Waals surface area (Å²) in [4.78, 5) is 26.2. The van der Waals surface area contributed by atoms with Crippen molar-refractivity contribution in [1.29, 1.82) is 0 Å². The molecule has 1 aliphatic heterocycles. The van der Waals surface area contributed by atoms with Gasteiger partial charge in [0.2, 0.25) is 5.91 Å². The zero-order valence-electron chi connectivity index (χ0n) is 19.3. The summed E-state index contributed by atoms with van der Waals surface area (Å²) >= 11 is 0. The molecular formula is C24H31F3N2O4. The molecule has 33 heavy (non-hydrogen) atoms. The Kier molecular flexibility index (Phi) is 6.03. The maximum atomic E-state index is 13.4. The highest BCUT2D eigenvalue weighted by Gasteiger charge is 2.50. The number of hydrogen-bond donors (Lipinski definition) is 1. The van der Waals surface area contributed by atoms with E-state index in [-0.39, 0.29) is 28.9 Å². The number of piperidine rings is 1. The molecule has 1 spiro atoms. The molecule has 1 aromatic rings. The first kappa shape index (κ1) is 23.7. The first-order valence-electron chi connectivity index (χ1n) is 11.4. The van der Waals surface area contributed by atoms with Crippen molar-refractivity contribution >= 4 is 12.0 Å². The average Bonchev–Trinajstić information content (AvgIpc) is 2.74. The third-order valence-corrected chi connectivity index (χ3v) is 7.83. The van der Waals surface area contributed by atoms with Gasteiger partial charge in [-0.2, -0.15) is 13.2 Å². The maximum Gasteiger partial charge on any atom is 0.419 e.